The average molecular weight is 362 g/mol. The third kappa shape index (κ3) is 5.64. The standard InChI is InChI=1S/C20H30N2O4/c1-4-14-5-8-16(9-6-14)22-20(24)19(23)21-12-11-15-7-10-17(25-2)18(13-15)26-3/h7,10,13-14,16H,4-6,8-9,11-12H2,1-3H3,(H,21,23)(H,22,24). The number of carbonyl (C=O) groups excluding carboxylic acids is 2. The molecule has 0 radical (unpaired) electrons. The van der Waals surface area contributed by atoms with Crippen molar-refractivity contribution in [3.05, 3.63) is 23.8 Å². The van der Waals surface area contributed by atoms with Crippen molar-refractivity contribution in [2.45, 2.75) is 51.5 Å². The maximum atomic E-state index is 12.0. The van der Waals surface area contributed by atoms with Gasteiger partial charge in [-0.1, -0.05) is 19.4 Å². The maximum Gasteiger partial charge on any atom is 0.309 e. The highest BCUT2D eigenvalue weighted by Crippen LogP contribution is 2.28. The van der Waals surface area contributed by atoms with Gasteiger partial charge < -0.3 is 20.1 Å². The Kier molecular flexibility index (Phi) is 7.75. The van der Waals surface area contributed by atoms with Crippen LogP contribution in [-0.2, 0) is 16.0 Å². The summed E-state index contributed by atoms with van der Waals surface area (Å²) >= 11 is 0. The van der Waals surface area contributed by atoms with Gasteiger partial charge >= 0.3 is 11.8 Å². The van der Waals surface area contributed by atoms with E-state index in [-0.39, 0.29) is 6.04 Å². The van der Waals surface area contributed by atoms with Crippen molar-refractivity contribution in [3.63, 3.8) is 0 Å². The van der Waals surface area contributed by atoms with Gasteiger partial charge in [0.1, 0.15) is 0 Å². The summed E-state index contributed by atoms with van der Waals surface area (Å²) in [6.07, 6.45) is 5.98. The van der Waals surface area contributed by atoms with Crippen LogP contribution in [0.2, 0.25) is 0 Å². The Morgan fingerprint density at radius 3 is 2.35 bits per heavy atom. The molecule has 2 rings (SSSR count). The molecule has 0 aliphatic heterocycles. The Morgan fingerprint density at radius 1 is 1.04 bits per heavy atom. The van der Waals surface area contributed by atoms with Gasteiger partial charge in [0.15, 0.2) is 11.5 Å². The van der Waals surface area contributed by atoms with Crippen LogP contribution in [-0.4, -0.2) is 38.6 Å². The molecule has 0 spiro atoms. The smallest absolute Gasteiger partial charge is 0.309 e. The molecule has 0 aromatic heterocycles. The van der Waals surface area contributed by atoms with Crippen LogP contribution >= 0.6 is 0 Å². The second-order valence-electron chi connectivity index (χ2n) is 6.79. The van der Waals surface area contributed by atoms with Crippen molar-refractivity contribution >= 4 is 11.8 Å². The average Bonchev–Trinajstić information content (AvgIpc) is 2.68. The molecule has 144 valence electrons. The fourth-order valence-electron chi connectivity index (χ4n) is 3.40. The second-order valence-corrected chi connectivity index (χ2v) is 6.79. The molecule has 1 aromatic carbocycles. The predicted molar refractivity (Wildman–Crippen MR) is 100 cm³/mol. The highest BCUT2D eigenvalue weighted by atomic mass is 16.5. The maximum absolute atomic E-state index is 12.0. The number of carbonyl (C=O) groups is 2. The van der Waals surface area contributed by atoms with Crippen LogP contribution in [0.5, 0.6) is 11.5 Å². The first kappa shape index (κ1) is 20.1. The Bertz CT molecular complexity index is 610. The molecule has 1 saturated carbocycles. The molecular formula is C20H30N2O4. The van der Waals surface area contributed by atoms with Crippen molar-refractivity contribution in [2.24, 2.45) is 5.92 Å². The van der Waals surface area contributed by atoms with Crippen molar-refractivity contribution in [3.8, 4) is 11.5 Å². The van der Waals surface area contributed by atoms with Crippen LogP contribution in [0, 0.1) is 5.92 Å². The molecule has 0 bridgehead atoms. The zero-order valence-corrected chi connectivity index (χ0v) is 16.0. The van der Waals surface area contributed by atoms with Gasteiger partial charge in [0, 0.05) is 12.6 Å². The van der Waals surface area contributed by atoms with Crippen LogP contribution in [0.4, 0.5) is 0 Å². The molecule has 6 heteroatoms. The van der Waals surface area contributed by atoms with E-state index in [1.165, 1.54) is 6.42 Å². The van der Waals surface area contributed by atoms with Crippen LogP contribution in [0.25, 0.3) is 0 Å². The van der Waals surface area contributed by atoms with Gasteiger partial charge in [0.05, 0.1) is 14.2 Å². The van der Waals surface area contributed by atoms with Crippen molar-refractivity contribution in [1.29, 1.82) is 0 Å². The van der Waals surface area contributed by atoms with Gasteiger partial charge in [-0.05, 0) is 55.7 Å². The quantitative estimate of drug-likeness (QED) is 0.731. The van der Waals surface area contributed by atoms with Crippen molar-refractivity contribution < 1.29 is 19.1 Å². The molecule has 26 heavy (non-hydrogen) atoms. The lowest BCUT2D eigenvalue weighted by Gasteiger charge is -2.28. The minimum Gasteiger partial charge on any atom is -0.493 e. The SMILES string of the molecule is CCC1CCC(NC(=O)C(=O)NCCc2ccc(OC)c(OC)c2)CC1. The number of hydrogen-bond donors (Lipinski definition) is 2. The number of ether oxygens (including phenoxy) is 2. The molecular weight excluding hydrogens is 332 g/mol. The lowest BCUT2D eigenvalue weighted by Crippen LogP contribution is -2.46. The lowest BCUT2D eigenvalue weighted by molar-refractivity contribution is -0.139. The van der Waals surface area contributed by atoms with E-state index in [0.717, 1.165) is 37.2 Å². The summed E-state index contributed by atoms with van der Waals surface area (Å²) in [7, 11) is 3.17. The summed E-state index contributed by atoms with van der Waals surface area (Å²) in [4.78, 5) is 24.0. The lowest BCUT2D eigenvalue weighted by atomic mass is 9.84. The molecule has 0 atom stereocenters. The fourth-order valence-corrected chi connectivity index (χ4v) is 3.40. The van der Waals surface area contributed by atoms with Crippen LogP contribution in [0.15, 0.2) is 18.2 Å². The molecule has 2 N–H and O–H groups in total. The fraction of sp³-hybridized carbons (Fsp3) is 0.600. The number of hydrogen-bond acceptors (Lipinski definition) is 4. The summed E-state index contributed by atoms with van der Waals surface area (Å²) in [5.41, 5.74) is 1.00. The number of rotatable bonds is 7. The Morgan fingerprint density at radius 2 is 1.73 bits per heavy atom. The largest absolute Gasteiger partial charge is 0.493 e. The zero-order chi connectivity index (χ0) is 18.9. The topological polar surface area (TPSA) is 76.7 Å². The zero-order valence-electron chi connectivity index (χ0n) is 16.0. The third-order valence-electron chi connectivity index (χ3n) is 5.11. The number of methoxy groups -OCH3 is 2. The Labute approximate surface area is 155 Å². The molecule has 1 aliphatic carbocycles. The first-order chi connectivity index (χ1) is 12.6. The van der Waals surface area contributed by atoms with Crippen molar-refractivity contribution in [1.82, 2.24) is 10.6 Å². The number of nitrogens with one attached hydrogen (secondary N) is 2. The molecule has 1 fully saturated rings. The summed E-state index contributed by atoms with van der Waals surface area (Å²) in [6.45, 7) is 2.60. The minimum absolute atomic E-state index is 0.127. The van der Waals surface area contributed by atoms with Crippen LogP contribution in [0.1, 0.15) is 44.6 Å². The first-order valence-electron chi connectivity index (χ1n) is 9.37. The summed E-state index contributed by atoms with van der Waals surface area (Å²) in [6, 6.07) is 5.74. The monoisotopic (exact) mass is 362 g/mol. The highest BCUT2D eigenvalue weighted by Gasteiger charge is 2.23. The molecule has 2 amide bonds. The molecule has 0 heterocycles. The summed E-state index contributed by atoms with van der Waals surface area (Å²) < 4.78 is 10.5. The van der Waals surface area contributed by atoms with Crippen molar-refractivity contribution in [2.75, 3.05) is 20.8 Å². The van der Waals surface area contributed by atoms with Gasteiger partial charge in [-0.3, -0.25) is 9.59 Å². The summed E-state index contributed by atoms with van der Waals surface area (Å²) in [5, 5.41) is 5.54. The molecule has 1 aromatic rings. The first-order valence-corrected chi connectivity index (χ1v) is 9.37. The number of amides is 2. The minimum atomic E-state index is -0.567. The highest BCUT2D eigenvalue weighted by molar-refractivity contribution is 6.35. The van der Waals surface area contributed by atoms with E-state index in [4.69, 9.17) is 9.47 Å². The third-order valence-corrected chi connectivity index (χ3v) is 5.11. The van der Waals surface area contributed by atoms with Gasteiger partial charge in [-0.2, -0.15) is 0 Å². The number of benzene rings is 1. The van der Waals surface area contributed by atoms with E-state index in [1.807, 2.05) is 18.2 Å². The van der Waals surface area contributed by atoms with Gasteiger partial charge in [0.2, 0.25) is 0 Å². The van der Waals surface area contributed by atoms with Crippen LogP contribution < -0.4 is 20.1 Å². The van der Waals surface area contributed by atoms with Gasteiger partial charge in [-0.15, -0.1) is 0 Å². The van der Waals surface area contributed by atoms with E-state index in [1.54, 1.807) is 14.2 Å². The predicted octanol–water partition coefficient (Wildman–Crippen LogP) is 2.45. The molecule has 0 saturated heterocycles. The van der Waals surface area contributed by atoms with E-state index in [9.17, 15) is 9.59 Å². The summed E-state index contributed by atoms with van der Waals surface area (Å²) in [5.74, 6) is 0.980. The van der Waals surface area contributed by atoms with Gasteiger partial charge in [-0.25, -0.2) is 0 Å². The second kappa shape index (κ2) is 10.0. The Hall–Kier alpha value is -2.24. The molecule has 0 unspecified atom stereocenters. The van der Waals surface area contributed by atoms with E-state index < -0.39 is 11.8 Å². The Balaban J connectivity index is 1.73. The molecule has 6 nitrogen and oxygen atoms in total. The van der Waals surface area contributed by atoms with E-state index in [2.05, 4.69) is 17.6 Å². The van der Waals surface area contributed by atoms with E-state index in [0.29, 0.717) is 24.5 Å². The normalized spacial score (nSPS) is 19.5. The molecule has 1 aliphatic rings. The van der Waals surface area contributed by atoms with Crippen LogP contribution in [0.3, 0.4) is 0 Å². The van der Waals surface area contributed by atoms with Gasteiger partial charge in [0.25, 0.3) is 0 Å². The van der Waals surface area contributed by atoms with E-state index >= 15 is 0 Å².